The second-order valence-electron chi connectivity index (χ2n) is 14.2. The monoisotopic (exact) mass is 506 g/mol. The molecular formula is C30H50O6. The summed E-state index contributed by atoms with van der Waals surface area (Å²) in [5.74, 6) is 1.36. The van der Waals surface area contributed by atoms with Crippen molar-refractivity contribution in [1.29, 1.82) is 0 Å². The average Bonchev–Trinajstić information content (AvgIpc) is 3.11. The van der Waals surface area contributed by atoms with Gasteiger partial charge in [-0.1, -0.05) is 20.8 Å². The lowest BCUT2D eigenvalue weighted by atomic mass is 9.43. The lowest BCUT2D eigenvalue weighted by Gasteiger charge is -2.63. The molecule has 4 saturated carbocycles. The van der Waals surface area contributed by atoms with Gasteiger partial charge in [0.05, 0.1) is 12.2 Å². The molecule has 0 spiro atoms. The van der Waals surface area contributed by atoms with Gasteiger partial charge in [0.2, 0.25) is 0 Å². The van der Waals surface area contributed by atoms with Crippen molar-refractivity contribution in [3.63, 3.8) is 0 Å². The molecule has 0 bridgehead atoms. The summed E-state index contributed by atoms with van der Waals surface area (Å²) >= 11 is 0. The minimum atomic E-state index is -0.470. The summed E-state index contributed by atoms with van der Waals surface area (Å²) in [7, 11) is 0. The largest absolute Gasteiger partial charge is 0.463 e. The van der Waals surface area contributed by atoms with Crippen molar-refractivity contribution in [2.45, 2.75) is 130 Å². The quantitative estimate of drug-likeness (QED) is 0.493. The van der Waals surface area contributed by atoms with Crippen LogP contribution in [0.3, 0.4) is 0 Å². The number of aliphatic hydroxyl groups excluding tert-OH is 2. The molecule has 36 heavy (non-hydrogen) atoms. The van der Waals surface area contributed by atoms with Gasteiger partial charge >= 0.3 is 11.9 Å². The molecule has 6 heteroatoms. The molecule has 0 aromatic heterocycles. The van der Waals surface area contributed by atoms with Crippen LogP contribution < -0.4 is 0 Å². The predicted octanol–water partition coefficient (Wildman–Crippen LogP) is 5.28. The van der Waals surface area contributed by atoms with Gasteiger partial charge in [0.25, 0.3) is 0 Å². The number of carbonyl (C=O) groups is 2. The Morgan fingerprint density at radius 3 is 2.36 bits per heavy atom. The molecule has 6 nitrogen and oxygen atoms in total. The van der Waals surface area contributed by atoms with Crippen LogP contribution in [0.25, 0.3) is 0 Å². The summed E-state index contributed by atoms with van der Waals surface area (Å²) in [5.41, 5.74) is -0.654. The van der Waals surface area contributed by atoms with Crippen LogP contribution in [0.4, 0.5) is 0 Å². The fourth-order valence-corrected chi connectivity index (χ4v) is 9.40. The highest BCUT2D eigenvalue weighted by Crippen LogP contribution is 2.68. The molecule has 0 aromatic carbocycles. The zero-order valence-corrected chi connectivity index (χ0v) is 23.6. The van der Waals surface area contributed by atoms with Crippen LogP contribution in [0.1, 0.15) is 106 Å². The first-order valence-corrected chi connectivity index (χ1v) is 14.4. The van der Waals surface area contributed by atoms with Gasteiger partial charge < -0.3 is 19.7 Å². The summed E-state index contributed by atoms with van der Waals surface area (Å²) in [4.78, 5) is 23.9. The molecule has 206 valence electrons. The molecule has 6 unspecified atom stereocenters. The van der Waals surface area contributed by atoms with Gasteiger partial charge in [-0.05, 0) is 118 Å². The molecule has 0 saturated heterocycles. The number of hydrogen-bond donors (Lipinski definition) is 2. The van der Waals surface area contributed by atoms with E-state index in [1.165, 1.54) is 6.92 Å². The van der Waals surface area contributed by atoms with Crippen molar-refractivity contribution in [3.8, 4) is 0 Å². The van der Waals surface area contributed by atoms with Crippen LogP contribution in [0.15, 0.2) is 0 Å². The van der Waals surface area contributed by atoms with E-state index >= 15 is 0 Å². The van der Waals surface area contributed by atoms with Crippen LogP contribution in [-0.2, 0) is 19.1 Å². The third kappa shape index (κ3) is 4.98. The Labute approximate surface area is 217 Å². The molecule has 2 N–H and O–H groups in total. The van der Waals surface area contributed by atoms with E-state index in [-0.39, 0.29) is 46.8 Å². The summed E-state index contributed by atoms with van der Waals surface area (Å²) in [6.45, 7) is 14.0. The van der Waals surface area contributed by atoms with Crippen LogP contribution in [-0.4, -0.2) is 46.1 Å². The van der Waals surface area contributed by atoms with E-state index in [0.29, 0.717) is 30.1 Å². The SMILES string of the molecule is CC(=O)O[C@@H]1CC[C@@]2(C)C(C1)C[C@@H](O)C1C2C[C@H](O)[C@]2(C)C(C(C)CCC(=O)OC(C)(C)C)CCC12. The van der Waals surface area contributed by atoms with Gasteiger partial charge in [0, 0.05) is 13.3 Å². The molecule has 0 amide bonds. The number of ether oxygens (including phenoxy) is 2. The zero-order valence-electron chi connectivity index (χ0n) is 23.6. The van der Waals surface area contributed by atoms with Gasteiger partial charge in [-0.15, -0.1) is 0 Å². The summed E-state index contributed by atoms with van der Waals surface area (Å²) in [5, 5.41) is 23.3. The van der Waals surface area contributed by atoms with E-state index in [1.807, 2.05) is 20.8 Å². The van der Waals surface area contributed by atoms with Gasteiger partial charge in [-0.25, -0.2) is 0 Å². The van der Waals surface area contributed by atoms with Gasteiger partial charge in [-0.3, -0.25) is 9.59 Å². The van der Waals surface area contributed by atoms with E-state index in [4.69, 9.17) is 9.47 Å². The maximum atomic E-state index is 12.4. The van der Waals surface area contributed by atoms with Crippen LogP contribution in [0.2, 0.25) is 0 Å². The van der Waals surface area contributed by atoms with Gasteiger partial charge in [0.15, 0.2) is 0 Å². The van der Waals surface area contributed by atoms with Gasteiger partial charge in [-0.2, -0.15) is 0 Å². The predicted molar refractivity (Wildman–Crippen MR) is 138 cm³/mol. The third-order valence-electron chi connectivity index (χ3n) is 11.1. The molecule has 0 radical (unpaired) electrons. The highest BCUT2D eigenvalue weighted by atomic mass is 16.6. The smallest absolute Gasteiger partial charge is 0.306 e. The van der Waals surface area contributed by atoms with E-state index in [9.17, 15) is 19.8 Å². The number of carbonyl (C=O) groups excluding carboxylic acids is 2. The summed E-state index contributed by atoms with van der Waals surface area (Å²) < 4.78 is 11.1. The van der Waals surface area contributed by atoms with Crippen molar-refractivity contribution in [2.24, 2.45) is 46.3 Å². The van der Waals surface area contributed by atoms with Crippen molar-refractivity contribution in [1.82, 2.24) is 0 Å². The van der Waals surface area contributed by atoms with E-state index < -0.39 is 11.7 Å². The highest BCUT2D eigenvalue weighted by molar-refractivity contribution is 5.69. The summed E-state index contributed by atoms with van der Waals surface area (Å²) in [6, 6.07) is 0. The Kier molecular flexibility index (Phi) is 7.65. The Morgan fingerprint density at radius 1 is 1.03 bits per heavy atom. The molecule has 0 heterocycles. The molecule has 4 rings (SSSR count). The fraction of sp³-hybridized carbons (Fsp3) is 0.933. The second-order valence-corrected chi connectivity index (χ2v) is 14.2. The van der Waals surface area contributed by atoms with Crippen molar-refractivity contribution in [2.75, 3.05) is 0 Å². The Hall–Kier alpha value is -1.14. The molecule has 4 aliphatic rings. The highest BCUT2D eigenvalue weighted by Gasteiger charge is 2.65. The van der Waals surface area contributed by atoms with Gasteiger partial charge in [0.1, 0.15) is 11.7 Å². The molecular weight excluding hydrogens is 456 g/mol. The number of rotatable bonds is 5. The maximum absolute atomic E-state index is 12.4. The first-order chi connectivity index (χ1) is 16.7. The first kappa shape index (κ1) is 27.9. The van der Waals surface area contributed by atoms with Crippen LogP contribution in [0, 0.1) is 46.3 Å². The Bertz CT molecular complexity index is 834. The number of hydrogen-bond acceptors (Lipinski definition) is 6. The van der Waals surface area contributed by atoms with E-state index in [1.54, 1.807) is 0 Å². The Morgan fingerprint density at radius 2 is 1.72 bits per heavy atom. The number of fused-ring (bicyclic) bond motifs is 5. The zero-order chi connectivity index (χ0) is 26.6. The lowest BCUT2D eigenvalue weighted by molar-refractivity contribution is -0.209. The second kappa shape index (κ2) is 9.87. The minimum Gasteiger partial charge on any atom is -0.463 e. The first-order valence-electron chi connectivity index (χ1n) is 14.4. The average molecular weight is 507 g/mol. The van der Waals surface area contributed by atoms with E-state index in [0.717, 1.165) is 51.4 Å². The maximum Gasteiger partial charge on any atom is 0.306 e. The molecule has 11 atom stereocenters. The normalized spacial score (nSPS) is 45.1. The van der Waals surface area contributed by atoms with Crippen molar-refractivity contribution >= 4 is 11.9 Å². The van der Waals surface area contributed by atoms with Crippen LogP contribution in [0.5, 0.6) is 0 Å². The Balaban J connectivity index is 1.49. The standard InChI is InChI=1S/C30H50O6/c1-17(8-11-26(34)36-28(3,4)5)21-9-10-22-27-23(16-25(33)30(21,22)7)29(6)13-12-20(35-18(2)31)14-19(29)15-24(27)32/h17,19-25,27,32-33H,8-16H2,1-7H3/t17?,19?,20-,21?,22?,23?,24-,25+,27?,29+,30-/m1/s1. The molecule has 4 aliphatic carbocycles. The number of aliphatic hydroxyl groups is 2. The van der Waals surface area contributed by atoms with E-state index in [2.05, 4.69) is 20.8 Å². The fourth-order valence-electron chi connectivity index (χ4n) is 9.40. The minimum absolute atomic E-state index is 0.0511. The van der Waals surface area contributed by atoms with Crippen molar-refractivity contribution < 1.29 is 29.3 Å². The topological polar surface area (TPSA) is 93.1 Å². The lowest BCUT2D eigenvalue weighted by Crippen LogP contribution is -2.62. The molecule has 4 fully saturated rings. The summed E-state index contributed by atoms with van der Waals surface area (Å²) in [6.07, 6.45) is 6.57. The third-order valence-corrected chi connectivity index (χ3v) is 11.1. The van der Waals surface area contributed by atoms with Crippen LogP contribution >= 0.6 is 0 Å². The molecule has 0 aliphatic heterocycles. The molecule has 0 aromatic rings. The number of esters is 2. The van der Waals surface area contributed by atoms with Crippen molar-refractivity contribution in [3.05, 3.63) is 0 Å².